The molecular weight excluding hydrogens is 579 g/mol. The Hall–Kier alpha value is -5.05. The zero-order chi connectivity index (χ0) is 32.3. The van der Waals surface area contributed by atoms with Crippen molar-refractivity contribution >= 4 is 27.6 Å². The Bertz CT molecular complexity index is 2190. The molecule has 8 nitrogen and oxygen atoms in total. The lowest BCUT2D eigenvalue weighted by Gasteiger charge is -2.12. The largest absolute Gasteiger partial charge is 0.345 e. The first-order valence-corrected chi connectivity index (χ1v) is 15.8. The maximum atomic E-state index is 15.5. The summed E-state index contributed by atoms with van der Waals surface area (Å²) < 4.78 is 21.0. The molecule has 3 aromatic carbocycles. The van der Waals surface area contributed by atoms with E-state index in [9.17, 15) is 9.59 Å². The molecule has 3 heterocycles. The van der Waals surface area contributed by atoms with Gasteiger partial charge in [0.1, 0.15) is 12.0 Å². The van der Waals surface area contributed by atoms with Crippen molar-refractivity contribution in [2.45, 2.75) is 44.8 Å². The van der Waals surface area contributed by atoms with Crippen molar-refractivity contribution in [1.29, 1.82) is 0 Å². The number of pyridine rings is 1. The second-order valence-corrected chi connectivity index (χ2v) is 12.6. The minimum Gasteiger partial charge on any atom is -0.345 e. The smallest absolute Gasteiger partial charge is 0.258 e. The number of fused-ring (bicyclic) bond motifs is 2. The third kappa shape index (κ3) is 5.09. The lowest BCUT2D eigenvalue weighted by molar-refractivity contribution is 0.0827. The molecule has 1 aliphatic carbocycles. The number of hydrogen-bond donors (Lipinski definition) is 0. The Morgan fingerprint density at radius 1 is 1.02 bits per heavy atom. The van der Waals surface area contributed by atoms with Gasteiger partial charge in [0, 0.05) is 79.7 Å². The molecule has 0 N–H and O–H groups in total. The lowest BCUT2D eigenvalue weighted by Crippen LogP contribution is -2.21. The zero-order valence-electron chi connectivity index (χ0n) is 26.8. The van der Waals surface area contributed by atoms with Crippen LogP contribution < -0.4 is 5.56 Å². The van der Waals surface area contributed by atoms with Crippen LogP contribution in [0.2, 0.25) is 0 Å². The molecule has 1 unspecified atom stereocenters. The molecule has 0 spiro atoms. The molecule has 234 valence electrons. The Labute approximate surface area is 266 Å². The molecular formula is C37H37FN6O2. The third-order valence-corrected chi connectivity index (χ3v) is 9.15. The van der Waals surface area contributed by atoms with Gasteiger partial charge in [0.15, 0.2) is 0 Å². The molecule has 7 rings (SSSR count). The van der Waals surface area contributed by atoms with Crippen LogP contribution in [0.4, 0.5) is 4.39 Å². The number of amides is 1. The van der Waals surface area contributed by atoms with Crippen LogP contribution in [0.5, 0.6) is 0 Å². The standard InChI is InChI=1S/C37H37FN6O2/c1-6-22-18-29-26(16-17-42(4)37(29)46)19-28(22)35-39-33(34(43(35)5)24-12-13-24)27-8-7-9-32-30(27)20-44(40-32)21-31(38)23-10-14-25(15-11-23)36(45)41(2)3/h7-11,14-20,24,31H,6,12-13,21H2,1-5H3. The van der Waals surface area contributed by atoms with Crippen LogP contribution >= 0.6 is 0 Å². The molecule has 0 bridgehead atoms. The molecule has 1 aliphatic rings. The van der Waals surface area contributed by atoms with Gasteiger partial charge in [-0.15, -0.1) is 0 Å². The topological polar surface area (TPSA) is 77.9 Å². The summed E-state index contributed by atoms with van der Waals surface area (Å²) in [6.45, 7) is 2.16. The molecule has 1 saturated carbocycles. The molecule has 3 aromatic heterocycles. The summed E-state index contributed by atoms with van der Waals surface area (Å²) in [4.78, 5) is 31.9. The molecule has 1 atom stereocenters. The maximum absolute atomic E-state index is 15.5. The van der Waals surface area contributed by atoms with Gasteiger partial charge in [-0.3, -0.25) is 14.3 Å². The van der Waals surface area contributed by atoms with E-state index < -0.39 is 6.17 Å². The average Bonchev–Trinajstić information content (AvgIpc) is 3.72. The van der Waals surface area contributed by atoms with Crippen LogP contribution in [-0.2, 0) is 27.1 Å². The summed E-state index contributed by atoms with van der Waals surface area (Å²) in [6.07, 6.45) is 5.42. The fraction of sp³-hybridized carbons (Fsp3) is 0.297. The van der Waals surface area contributed by atoms with Crippen LogP contribution in [-0.4, -0.2) is 48.8 Å². The average molecular weight is 617 g/mol. The summed E-state index contributed by atoms with van der Waals surface area (Å²) in [5.41, 5.74) is 7.00. The van der Waals surface area contributed by atoms with Crippen molar-refractivity contribution in [1.82, 2.24) is 28.8 Å². The van der Waals surface area contributed by atoms with E-state index in [2.05, 4.69) is 30.7 Å². The minimum absolute atomic E-state index is 0.00593. The van der Waals surface area contributed by atoms with Crippen LogP contribution in [0, 0.1) is 0 Å². The van der Waals surface area contributed by atoms with Crippen molar-refractivity contribution in [3.63, 3.8) is 0 Å². The van der Waals surface area contributed by atoms with E-state index in [0.717, 1.165) is 63.8 Å². The normalized spacial score (nSPS) is 13.9. The number of aromatic nitrogens is 5. The molecule has 9 heteroatoms. The Morgan fingerprint density at radius 2 is 1.78 bits per heavy atom. The number of aryl methyl sites for hydroxylation is 2. The van der Waals surface area contributed by atoms with Gasteiger partial charge < -0.3 is 14.0 Å². The molecule has 0 saturated heterocycles. The number of hydrogen-bond acceptors (Lipinski definition) is 4. The SMILES string of the molecule is CCc1cc2c(=O)n(C)ccc2cc1-c1nc(-c2cccc3nn(CC(F)c4ccc(C(=O)N(C)C)cc4)cc23)c(C2CC2)n1C. The van der Waals surface area contributed by atoms with E-state index in [0.29, 0.717) is 22.4 Å². The predicted octanol–water partition coefficient (Wildman–Crippen LogP) is 6.81. The van der Waals surface area contributed by atoms with E-state index >= 15 is 4.39 Å². The first-order chi connectivity index (χ1) is 22.1. The van der Waals surface area contributed by atoms with Gasteiger partial charge in [-0.25, -0.2) is 9.37 Å². The first-order valence-electron chi connectivity index (χ1n) is 15.8. The molecule has 6 aromatic rings. The van der Waals surface area contributed by atoms with Crippen molar-refractivity contribution in [2.75, 3.05) is 14.1 Å². The van der Waals surface area contributed by atoms with E-state index in [4.69, 9.17) is 10.1 Å². The molecule has 1 fully saturated rings. The summed E-state index contributed by atoms with van der Waals surface area (Å²) in [6, 6.07) is 18.8. The van der Waals surface area contributed by atoms with Crippen molar-refractivity contribution in [3.8, 4) is 22.6 Å². The summed E-state index contributed by atoms with van der Waals surface area (Å²) >= 11 is 0. The van der Waals surface area contributed by atoms with Gasteiger partial charge >= 0.3 is 0 Å². The number of nitrogens with zero attached hydrogens (tertiary/aromatic N) is 6. The number of imidazole rings is 1. The number of halogens is 1. The number of carbonyl (C=O) groups excluding carboxylic acids is 1. The van der Waals surface area contributed by atoms with Crippen LogP contribution in [0.1, 0.15) is 59.0 Å². The fourth-order valence-corrected chi connectivity index (χ4v) is 6.46. The lowest BCUT2D eigenvalue weighted by atomic mass is 9.99. The molecule has 46 heavy (non-hydrogen) atoms. The van der Waals surface area contributed by atoms with Gasteiger partial charge in [0.25, 0.3) is 11.5 Å². The summed E-state index contributed by atoms with van der Waals surface area (Å²) in [5.74, 6) is 1.18. The number of benzene rings is 3. The first kappa shape index (κ1) is 29.6. The monoisotopic (exact) mass is 616 g/mol. The van der Waals surface area contributed by atoms with Crippen molar-refractivity contribution in [2.24, 2.45) is 14.1 Å². The van der Waals surface area contributed by atoms with Crippen molar-refractivity contribution in [3.05, 3.63) is 106 Å². The number of carbonyl (C=O) groups is 1. The van der Waals surface area contributed by atoms with E-state index in [1.54, 1.807) is 60.9 Å². The van der Waals surface area contributed by atoms with Gasteiger partial charge in [0.2, 0.25) is 0 Å². The van der Waals surface area contributed by atoms with Crippen molar-refractivity contribution < 1.29 is 9.18 Å². The van der Waals surface area contributed by atoms with E-state index in [1.807, 2.05) is 30.5 Å². The van der Waals surface area contributed by atoms with Crippen LogP contribution in [0.15, 0.2) is 77.9 Å². The number of rotatable bonds is 8. The second-order valence-electron chi connectivity index (χ2n) is 12.6. The third-order valence-electron chi connectivity index (χ3n) is 9.15. The minimum atomic E-state index is -1.29. The molecule has 0 aliphatic heterocycles. The number of alkyl halides is 1. The fourth-order valence-electron chi connectivity index (χ4n) is 6.46. The maximum Gasteiger partial charge on any atom is 0.258 e. The Kier molecular flexibility index (Phi) is 7.34. The highest BCUT2D eigenvalue weighted by Crippen LogP contribution is 2.47. The quantitative estimate of drug-likeness (QED) is 0.188. The predicted molar refractivity (Wildman–Crippen MR) is 180 cm³/mol. The zero-order valence-corrected chi connectivity index (χ0v) is 26.8. The molecule has 0 radical (unpaired) electrons. The molecule has 1 amide bonds. The summed E-state index contributed by atoms with van der Waals surface area (Å²) in [7, 11) is 7.25. The van der Waals surface area contributed by atoms with Crippen LogP contribution in [0.25, 0.3) is 44.3 Å². The van der Waals surface area contributed by atoms with Gasteiger partial charge in [0.05, 0.1) is 17.8 Å². The van der Waals surface area contributed by atoms with Crippen LogP contribution in [0.3, 0.4) is 0 Å². The van der Waals surface area contributed by atoms with Gasteiger partial charge in [-0.05, 0) is 72.2 Å². The highest BCUT2D eigenvalue weighted by atomic mass is 19.1. The van der Waals surface area contributed by atoms with E-state index in [-0.39, 0.29) is 18.0 Å². The summed E-state index contributed by atoms with van der Waals surface area (Å²) in [5, 5.41) is 7.27. The Morgan fingerprint density at radius 3 is 2.48 bits per heavy atom. The Balaban J connectivity index is 1.27. The highest BCUT2D eigenvalue weighted by molar-refractivity contribution is 5.95. The van der Waals surface area contributed by atoms with Gasteiger partial charge in [-0.1, -0.05) is 31.2 Å². The van der Waals surface area contributed by atoms with E-state index in [1.165, 1.54) is 10.6 Å². The van der Waals surface area contributed by atoms with Gasteiger partial charge in [-0.2, -0.15) is 5.10 Å². The second kappa shape index (κ2) is 11.4. The highest BCUT2D eigenvalue weighted by Gasteiger charge is 2.33.